The first kappa shape index (κ1) is 16.6. The van der Waals surface area contributed by atoms with Crippen molar-refractivity contribution in [1.29, 1.82) is 0 Å². The number of nitrogens with one attached hydrogen (secondary N) is 2. The molecule has 0 unspecified atom stereocenters. The second-order valence-corrected chi connectivity index (χ2v) is 5.61. The SMILES string of the molecule is CC(C)OC(=O)NS(=O)(=O)Nc1ccc(C(=O)O)c(O)c1. The van der Waals surface area contributed by atoms with Crippen LogP contribution in [0.3, 0.4) is 0 Å². The summed E-state index contributed by atoms with van der Waals surface area (Å²) in [5.41, 5.74) is -0.507. The highest BCUT2D eigenvalue weighted by Gasteiger charge is 2.17. The van der Waals surface area contributed by atoms with Crippen LogP contribution in [-0.4, -0.2) is 36.8 Å². The summed E-state index contributed by atoms with van der Waals surface area (Å²) in [5, 5.41) is 18.2. The Hall–Kier alpha value is -2.49. The molecule has 1 amide bonds. The molecule has 21 heavy (non-hydrogen) atoms. The van der Waals surface area contributed by atoms with E-state index < -0.39 is 34.1 Å². The van der Waals surface area contributed by atoms with Crippen molar-refractivity contribution in [3.8, 4) is 5.75 Å². The average Bonchev–Trinajstić information content (AvgIpc) is 2.24. The molecule has 9 nitrogen and oxygen atoms in total. The van der Waals surface area contributed by atoms with Gasteiger partial charge in [0.25, 0.3) is 0 Å². The second kappa shape index (κ2) is 6.31. The van der Waals surface area contributed by atoms with Crippen molar-refractivity contribution in [3.05, 3.63) is 23.8 Å². The number of amides is 1. The van der Waals surface area contributed by atoms with E-state index in [0.29, 0.717) is 0 Å². The molecule has 0 bridgehead atoms. The van der Waals surface area contributed by atoms with Crippen LogP contribution < -0.4 is 9.44 Å². The van der Waals surface area contributed by atoms with E-state index in [2.05, 4.69) is 4.74 Å². The number of aromatic hydroxyl groups is 1. The van der Waals surface area contributed by atoms with Gasteiger partial charge < -0.3 is 14.9 Å². The van der Waals surface area contributed by atoms with Crippen molar-refractivity contribution in [2.24, 2.45) is 0 Å². The molecule has 116 valence electrons. The van der Waals surface area contributed by atoms with Crippen molar-refractivity contribution >= 4 is 28.0 Å². The van der Waals surface area contributed by atoms with Gasteiger partial charge in [-0.1, -0.05) is 0 Å². The summed E-state index contributed by atoms with van der Waals surface area (Å²) < 4.78 is 31.3. The number of carbonyl (C=O) groups excluding carboxylic acids is 1. The summed E-state index contributed by atoms with van der Waals surface area (Å²) in [6.45, 7) is 3.09. The third kappa shape index (κ3) is 5.18. The molecule has 1 aromatic carbocycles. The zero-order valence-electron chi connectivity index (χ0n) is 11.2. The number of phenols is 1. The smallest absolute Gasteiger partial charge is 0.422 e. The third-order valence-electron chi connectivity index (χ3n) is 2.04. The van der Waals surface area contributed by atoms with Gasteiger partial charge in [-0.05, 0) is 26.0 Å². The molecule has 0 aromatic heterocycles. The molecule has 0 aliphatic heterocycles. The minimum Gasteiger partial charge on any atom is -0.507 e. The summed E-state index contributed by atoms with van der Waals surface area (Å²) in [7, 11) is -4.26. The molecule has 0 saturated heterocycles. The van der Waals surface area contributed by atoms with Gasteiger partial charge in [-0.15, -0.1) is 0 Å². The Labute approximate surface area is 120 Å². The largest absolute Gasteiger partial charge is 0.507 e. The molecule has 1 rings (SSSR count). The van der Waals surface area contributed by atoms with E-state index >= 15 is 0 Å². The Morgan fingerprint density at radius 3 is 2.38 bits per heavy atom. The van der Waals surface area contributed by atoms with Gasteiger partial charge in [0, 0.05) is 6.07 Å². The second-order valence-electron chi connectivity index (χ2n) is 4.20. The molecule has 0 heterocycles. The number of benzene rings is 1. The van der Waals surface area contributed by atoms with Crippen LogP contribution in [0.2, 0.25) is 0 Å². The highest BCUT2D eigenvalue weighted by molar-refractivity contribution is 7.91. The molecular formula is C11H14N2O7S. The van der Waals surface area contributed by atoms with Crippen molar-refractivity contribution in [3.63, 3.8) is 0 Å². The maximum atomic E-state index is 11.6. The molecule has 4 N–H and O–H groups in total. The van der Waals surface area contributed by atoms with Crippen molar-refractivity contribution in [1.82, 2.24) is 4.72 Å². The quantitative estimate of drug-likeness (QED) is 0.631. The monoisotopic (exact) mass is 318 g/mol. The molecule has 10 heteroatoms. The summed E-state index contributed by atoms with van der Waals surface area (Å²) in [6, 6.07) is 3.04. The molecule has 1 aromatic rings. The normalized spacial score (nSPS) is 11.0. The highest BCUT2D eigenvalue weighted by Crippen LogP contribution is 2.22. The van der Waals surface area contributed by atoms with E-state index in [0.717, 1.165) is 18.2 Å². The van der Waals surface area contributed by atoms with Crippen LogP contribution >= 0.6 is 0 Å². The van der Waals surface area contributed by atoms with E-state index in [4.69, 9.17) is 5.11 Å². The summed E-state index contributed by atoms with van der Waals surface area (Å²) in [6.07, 6.45) is -1.66. The lowest BCUT2D eigenvalue weighted by molar-refractivity contribution is 0.0693. The fraction of sp³-hybridized carbons (Fsp3) is 0.273. The minimum absolute atomic E-state index is 0.123. The van der Waals surface area contributed by atoms with E-state index in [-0.39, 0.29) is 11.3 Å². The molecule has 0 aliphatic carbocycles. The predicted octanol–water partition coefficient (Wildman–Crippen LogP) is 0.882. The van der Waals surface area contributed by atoms with Gasteiger partial charge in [0.2, 0.25) is 0 Å². The van der Waals surface area contributed by atoms with E-state index in [1.165, 1.54) is 0 Å². The first-order valence-electron chi connectivity index (χ1n) is 5.68. The van der Waals surface area contributed by atoms with Gasteiger partial charge in [0.15, 0.2) is 0 Å². The number of ether oxygens (including phenoxy) is 1. The zero-order chi connectivity index (χ0) is 16.2. The van der Waals surface area contributed by atoms with Crippen LogP contribution in [0.5, 0.6) is 5.75 Å². The number of rotatable bonds is 5. The number of hydrogen-bond acceptors (Lipinski definition) is 6. The van der Waals surface area contributed by atoms with Gasteiger partial charge in [-0.25, -0.2) is 14.3 Å². The number of aromatic carboxylic acids is 1. The van der Waals surface area contributed by atoms with Gasteiger partial charge in [-0.3, -0.25) is 4.72 Å². The van der Waals surface area contributed by atoms with Gasteiger partial charge >= 0.3 is 22.3 Å². The van der Waals surface area contributed by atoms with E-state index in [9.17, 15) is 23.1 Å². The van der Waals surface area contributed by atoms with Crippen LogP contribution in [0.1, 0.15) is 24.2 Å². The molecule has 0 aliphatic rings. The minimum atomic E-state index is -4.26. The molecular weight excluding hydrogens is 304 g/mol. The Kier molecular flexibility index (Phi) is 4.97. The standard InChI is InChI=1S/C11H14N2O7S/c1-6(2)20-11(17)13-21(18,19)12-7-3-4-8(10(15)16)9(14)5-7/h3-6,12,14H,1-2H3,(H,13,17)(H,15,16). The number of carboxylic acid groups (broad SMARTS) is 1. The Morgan fingerprint density at radius 1 is 1.29 bits per heavy atom. The topological polar surface area (TPSA) is 142 Å². The summed E-state index contributed by atoms with van der Waals surface area (Å²) >= 11 is 0. The fourth-order valence-electron chi connectivity index (χ4n) is 1.30. The Bertz CT molecular complexity index is 655. The molecule has 0 spiro atoms. The van der Waals surface area contributed by atoms with Crippen LogP contribution in [0, 0.1) is 0 Å². The molecule has 0 atom stereocenters. The lowest BCUT2D eigenvalue weighted by Crippen LogP contribution is -2.36. The number of carbonyl (C=O) groups is 2. The molecule has 0 fully saturated rings. The Morgan fingerprint density at radius 2 is 1.90 bits per heavy atom. The number of hydrogen-bond donors (Lipinski definition) is 4. The van der Waals surface area contributed by atoms with Crippen LogP contribution in [0.4, 0.5) is 10.5 Å². The maximum Gasteiger partial charge on any atom is 0.422 e. The zero-order valence-corrected chi connectivity index (χ0v) is 12.0. The maximum absolute atomic E-state index is 11.6. The summed E-state index contributed by atoms with van der Waals surface area (Å²) in [5.74, 6) is -1.98. The van der Waals surface area contributed by atoms with Crippen LogP contribution in [-0.2, 0) is 14.9 Å². The number of carboxylic acids is 1. The fourth-order valence-corrected chi connectivity index (χ4v) is 2.06. The number of anilines is 1. The summed E-state index contributed by atoms with van der Waals surface area (Å²) in [4.78, 5) is 21.9. The van der Waals surface area contributed by atoms with Crippen molar-refractivity contribution in [2.75, 3.05) is 4.72 Å². The highest BCUT2D eigenvalue weighted by atomic mass is 32.2. The average molecular weight is 318 g/mol. The first-order valence-corrected chi connectivity index (χ1v) is 7.16. The van der Waals surface area contributed by atoms with Crippen molar-refractivity contribution < 1.29 is 33.0 Å². The molecule has 0 radical (unpaired) electrons. The van der Waals surface area contributed by atoms with Gasteiger partial charge in [-0.2, -0.15) is 8.42 Å². The third-order valence-corrected chi connectivity index (χ3v) is 2.98. The lowest BCUT2D eigenvalue weighted by Gasteiger charge is -2.12. The first-order chi connectivity index (χ1) is 9.60. The molecule has 0 saturated carbocycles. The van der Waals surface area contributed by atoms with Gasteiger partial charge in [0.1, 0.15) is 11.3 Å². The van der Waals surface area contributed by atoms with Crippen LogP contribution in [0.25, 0.3) is 0 Å². The van der Waals surface area contributed by atoms with E-state index in [1.807, 2.05) is 4.72 Å². The Balaban J connectivity index is 2.83. The van der Waals surface area contributed by atoms with E-state index in [1.54, 1.807) is 18.6 Å². The lowest BCUT2D eigenvalue weighted by atomic mass is 10.2. The van der Waals surface area contributed by atoms with Gasteiger partial charge in [0.05, 0.1) is 11.8 Å². The van der Waals surface area contributed by atoms with Crippen molar-refractivity contribution in [2.45, 2.75) is 20.0 Å². The van der Waals surface area contributed by atoms with Crippen LogP contribution in [0.15, 0.2) is 18.2 Å². The predicted molar refractivity (Wildman–Crippen MR) is 72.4 cm³/mol.